The van der Waals surface area contributed by atoms with Gasteiger partial charge in [-0.05, 0) is 25.9 Å². The summed E-state index contributed by atoms with van der Waals surface area (Å²) >= 11 is 0. The van der Waals surface area contributed by atoms with Crippen molar-refractivity contribution < 1.29 is 5.11 Å². The van der Waals surface area contributed by atoms with Gasteiger partial charge in [0.15, 0.2) is 0 Å². The average molecular weight is 188 g/mol. The van der Waals surface area contributed by atoms with Crippen LogP contribution < -0.4 is 10.6 Å². The van der Waals surface area contributed by atoms with E-state index in [1.165, 1.54) is 0 Å². The number of aliphatic hydroxyl groups is 1. The standard InChI is InChI=1S/C10H24N2O/c1-5-12-9(4)10(13)7-11-6-8(2)3/h8-13H,5-7H2,1-4H3. The summed E-state index contributed by atoms with van der Waals surface area (Å²) in [6, 6.07) is 0.171. The second kappa shape index (κ2) is 7.30. The highest BCUT2D eigenvalue weighted by Gasteiger charge is 2.11. The van der Waals surface area contributed by atoms with Crippen LogP contribution in [0.2, 0.25) is 0 Å². The van der Waals surface area contributed by atoms with Crippen molar-refractivity contribution in [1.82, 2.24) is 10.6 Å². The van der Waals surface area contributed by atoms with Gasteiger partial charge in [-0.25, -0.2) is 0 Å². The van der Waals surface area contributed by atoms with Gasteiger partial charge in [0.2, 0.25) is 0 Å². The molecule has 0 aliphatic rings. The van der Waals surface area contributed by atoms with Crippen LogP contribution in [0, 0.1) is 5.92 Å². The molecule has 0 heterocycles. The molecular weight excluding hydrogens is 164 g/mol. The van der Waals surface area contributed by atoms with Gasteiger partial charge in [-0.3, -0.25) is 0 Å². The Morgan fingerprint density at radius 1 is 1.15 bits per heavy atom. The van der Waals surface area contributed by atoms with Crippen molar-refractivity contribution in [2.24, 2.45) is 5.92 Å². The second-order valence-corrected chi connectivity index (χ2v) is 3.97. The number of hydrogen-bond donors (Lipinski definition) is 3. The summed E-state index contributed by atoms with van der Waals surface area (Å²) in [6.07, 6.45) is -0.293. The van der Waals surface area contributed by atoms with Crippen molar-refractivity contribution in [3.05, 3.63) is 0 Å². The first-order chi connectivity index (χ1) is 6.07. The van der Waals surface area contributed by atoms with E-state index in [1.807, 2.05) is 13.8 Å². The van der Waals surface area contributed by atoms with Gasteiger partial charge in [0, 0.05) is 12.6 Å². The van der Waals surface area contributed by atoms with Crippen molar-refractivity contribution >= 4 is 0 Å². The van der Waals surface area contributed by atoms with Crippen LogP contribution in [0.15, 0.2) is 0 Å². The van der Waals surface area contributed by atoms with Gasteiger partial charge in [0.25, 0.3) is 0 Å². The largest absolute Gasteiger partial charge is 0.390 e. The molecule has 0 aromatic heterocycles. The van der Waals surface area contributed by atoms with Crippen LogP contribution in [0.3, 0.4) is 0 Å². The quantitative estimate of drug-likeness (QED) is 0.548. The lowest BCUT2D eigenvalue weighted by Crippen LogP contribution is -2.43. The maximum atomic E-state index is 9.64. The molecule has 0 aliphatic carbocycles. The first-order valence-corrected chi connectivity index (χ1v) is 5.20. The highest BCUT2D eigenvalue weighted by atomic mass is 16.3. The van der Waals surface area contributed by atoms with E-state index in [0.29, 0.717) is 12.5 Å². The first-order valence-electron chi connectivity index (χ1n) is 5.20. The lowest BCUT2D eigenvalue weighted by molar-refractivity contribution is 0.132. The summed E-state index contributed by atoms with van der Waals surface area (Å²) in [5.41, 5.74) is 0. The van der Waals surface area contributed by atoms with Gasteiger partial charge < -0.3 is 15.7 Å². The molecule has 0 rings (SSSR count). The van der Waals surface area contributed by atoms with Crippen molar-refractivity contribution in [2.45, 2.75) is 39.8 Å². The average Bonchev–Trinajstić information content (AvgIpc) is 2.04. The van der Waals surface area contributed by atoms with E-state index in [0.717, 1.165) is 13.1 Å². The zero-order chi connectivity index (χ0) is 10.3. The maximum absolute atomic E-state index is 9.64. The van der Waals surface area contributed by atoms with E-state index < -0.39 is 0 Å². The summed E-state index contributed by atoms with van der Waals surface area (Å²) in [6.45, 7) is 10.9. The molecule has 80 valence electrons. The summed E-state index contributed by atoms with van der Waals surface area (Å²) in [5.74, 6) is 0.640. The highest BCUT2D eigenvalue weighted by molar-refractivity contribution is 4.72. The van der Waals surface area contributed by atoms with Gasteiger partial charge in [0.1, 0.15) is 0 Å². The van der Waals surface area contributed by atoms with E-state index in [9.17, 15) is 5.11 Å². The lowest BCUT2D eigenvalue weighted by Gasteiger charge is -2.20. The molecular formula is C10H24N2O. The third-order valence-corrected chi connectivity index (χ3v) is 2.01. The minimum Gasteiger partial charge on any atom is -0.390 e. The third-order valence-electron chi connectivity index (χ3n) is 2.01. The Balaban J connectivity index is 3.43. The molecule has 0 radical (unpaired) electrons. The second-order valence-electron chi connectivity index (χ2n) is 3.97. The molecule has 13 heavy (non-hydrogen) atoms. The smallest absolute Gasteiger partial charge is 0.0814 e. The van der Waals surface area contributed by atoms with Gasteiger partial charge in [-0.15, -0.1) is 0 Å². The lowest BCUT2D eigenvalue weighted by atomic mass is 10.1. The number of nitrogens with one attached hydrogen (secondary N) is 2. The number of hydrogen-bond acceptors (Lipinski definition) is 3. The molecule has 0 aromatic rings. The molecule has 0 spiro atoms. The summed E-state index contributed by atoms with van der Waals surface area (Å²) in [5, 5.41) is 16.1. The number of likely N-dealkylation sites (N-methyl/N-ethyl adjacent to an activating group) is 1. The molecule has 3 heteroatoms. The van der Waals surface area contributed by atoms with Gasteiger partial charge >= 0.3 is 0 Å². The molecule has 0 bridgehead atoms. The number of aliphatic hydroxyl groups excluding tert-OH is 1. The van der Waals surface area contributed by atoms with Crippen LogP contribution in [-0.2, 0) is 0 Å². The molecule has 2 unspecified atom stereocenters. The molecule has 2 atom stereocenters. The SMILES string of the molecule is CCNC(C)C(O)CNCC(C)C. The first kappa shape index (κ1) is 12.9. The van der Waals surface area contributed by atoms with Crippen molar-refractivity contribution in [3.8, 4) is 0 Å². The van der Waals surface area contributed by atoms with Gasteiger partial charge in [0.05, 0.1) is 6.10 Å². The molecule has 0 saturated carbocycles. The monoisotopic (exact) mass is 188 g/mol. The Labute approximate surface area is 81.9 Å². The van der Waals surface area contributed by atoms with Crippen molar-refractivity contribution in [2.75, 3.05) is 19.6 Å². The van der Waals surface area contributed by atoms with Crippen LogP contribution in [0.5, 0.6) is 0 Å². The van der Waals surface area contributed by atoms with E-state index >= 15 is 0 Å². The molecule has 0 fully saturated rings. The minimum absolute atomic E-state index is 0.171. The molecule has 3 nitrogen and oxygen atoms in total. The molecule has 3 N–H and O–H groups in total. The van der Waals surface area contributed by atoms with Gasteiger partial charge in [-0.2, -0.15) is 0 Å². The predicted molar refractivity (Wildman–Crippen MR) is 56.9 cm³/mol. The fraction of sp³-hybridized carbons (Fsp3) is 1.00. The Morgan fingerprint density at radius 3 is 2.23 bits per heavy atom. The fourth-order valence-electron chi connectivity index (χ4n) is 1.15. The summed E-state index contributed by atoms with van der Waals surface area (Å²) in [4.78, 5) is 0. The normalized spacial score (nSPS) is 16.2. The molecule has 0 aliphatic heterocycles. The van der Waals surface area contributed by atoms with Crippen LogP contribution in [0.25, 0.3) is 0 Å². The fourth-order valence-corrected chi connectivity index (χ4v) is 1.15. The Kier molecular flexibility index (Phi) is 7.23. The topological polar surface area (TPSA) is 44.3 Å². The van der Waals surface area contributed by atoms with Crippen LogP contribution in [-0.4, -0.2) is 36.9 Å². The highest BCUT2D eigenvalue weighted by Crippen LogP contribution is 1.92. The van der Waals surface area contributed by atoms with Crippen molar-refractivity contribution in [1.29, 1.82) is 0 Å². The van der Waals surface area contributed by atoms with Crippen LogP contribution in [0.1, 0.15) is 27.7 Å². The third kappa shape index (κ3) is 6.99. The minimum atomic E-state index is -0.293. The van der Waals surface area contributed by atoms with E-state index in [2.05, 4.69) is 24.5 Å². The van der Waals surface area contributed by atoms with E-state index in [-0.39, 0.29) is 12.1 Å². The summed E-state index contributed by atoms with van der Waals surface area (Å²) in [7, 11) is 0. The Hall–Kier alpha value is -0.120. The number of rotatable bonds is 7. The predicted octanol–water partition coefficient (Wildman–Crippen LogP) is 0.591. The zero-order valence-corrected chi connectivity index (χ0v) is 9.30. The van der Waals surface area contributed by atoms with Crippen LogP contribution >= 0.6 is 0 Å². The molecule has 0 aromatic carbocycles. The van der Waals surface area contributed by atoms with Gasteiger partial charge in [-0.1, -0.05) is 20.8 Å². The maximum Gasteiger partial charge on any atom is 0.0814 e. The van der Waals surface area contributed by atoms with E-state index in [4.69, 9.17) is 0 Å². The summed E-state index contributed by atoms with van der Waals surface area (Å²) < 4.78 is 0. The van der Waals surface area contributed by atoms with Crippen LogP contribution in [0.4, 0.5) is 0 Å². The van der Waals surface area contributed by atoms with E-state index in [1.54, 1.807) is 0 Å². The molecule has 0 amide bonds. The zero-order valence-electron chi connectivity index (χ0n) is 9.30. The Bertz CT molecular complexity index is 117. The van der Waals surface area contributed by atoms with Crippen molar-refractivity contribution in [3.63, 3.8) is 0 Å². The molecule has 0 saturated heterocycles. The Morgan fingerprint density at radius 2 is 1.77 bits per heavy atom.